The number of aliphatic carboxylic acids is 1. The lowest BCUT2D eigenvalue weighted by molar-refractivity contribution is -0.136. The third-order valence-electron chi connectivity index (χ3n) is 2.20. The highest BCUT2D eigenvalue weighted by Crippen LogP contribution is 2.04. The normalized spacial score (nSPS) is 24.8. The number of rotatable bonds is 4. The average molecular weight is 222 g/mol. The maximum atomic E-state index is 11.4. The van der Waals surface area contributed by atoms with Crippen LogP contribution < -0.4 is 10.0 Å². The number of carboxylic acids is 1. The van der Waals surface area contributed by atoms with Crippen molar-refractivity contribution in [1.29, 1.82) is 0 Å². The lowest BCUT2D eigenvalue weighted by Crippen LogP contribution is -2.43. The first kappa shape index (κ1) is 11.4. The Morgan fingerprint density at radius 1 is 1.64 bits per heavy atom. The Morgan fingerprint density at radius 2 is 2.29 bits per heavy atom. The molecule has 1 heterocycles. The van der Waals surface area contributed by atoms with Crippen LogP contribution in [0, 0.1) is 0 Å². The molecular formula is C7H14N2O4S. The average Bonchev–Trinajstić information content (AvgIpc) is 2.54. The van der Waals surface area contributed by atoms with Gasteiger partial charge in [0.25, 0.3) is 0 Å². The van der Waals surface area contributed by atoms with Crippen molar-refractivity contribution in [3.8, 4) is 0 Å². The van der Waals surface area contributed by atoms with E-state index in [0.717, 1.165) is 13.5 Å². The van der Waals surface area contributed by atoms with Crippen LogP contribution >= 0.6 is 0 Å². The number of sulfonamides is 1. The molecule has 0 radical (unpaired) electrons. The van der Waals surface area contributed by atoms with Crippen molar-refractivity contribution < 1.29 is 18.3 Å². The van der Waals surface area contributed by atoms with E-state index in [1.807, 2.05) is 0 Å². The van der Waals surface area contributed by atoms with Gasteiger partial charge in [-0.1, -0.05) is 0 Å². The molecule has 0 aromatic rings. The van der Waals surface area contributed by atoms with E-state index in [1.54, 1.807) is 0 Å². The summed E-state index contributed by atoms with van der Waals surface area (Å²) < 4.78 is 25.2. The molecule has 1 unspecified atom stereocenters. The molecule has 82 valence electrons. The summed E-state index contributed by atoms with van der Waals surface area (Å²) >= 11 is 0. The largest absolute Gasteiger partial charge is 0.480 e. The fourth-order valence-corrected chi connectivity index (χ4v) is 2.36. The van der Waals surface area contributed by atoms with Gasteiger partial charge >= 0.3 is 5.97 Å². The van der Waals surface area contributed by atoms with Crippen molar-refractivity contribution in [1.82, 2.24) is 10.0 Å². The summed E-state index contributed by atoms with van der Waals surface area (Å²) in [6.45, 7) is 2.48. The standard InChI is InChI=1S/C7H14N2O4S/c1-5(7(10)11)14(12,13)9-6-2-3-8-4-6/h5-6,8-9H,2-4H2,1H3,(H,10,11)/t5?,6-/m1/s1. The minimum absolute atomic E-state index is 0.179. The van der Waals surface area contributed by atoms with Crippen LogP contribution in [0.1, 0.15) is 13.3 Å². The SMILES string of the molecule is CC(C(=O)O)S(=O)(=O)N[C@@H]1CCNC1. The van der Waals surface area contributed by atoms with Gasteiger partial charge < -0.3 is 10.4 Å². The van der Waals surface area contributed by atoms with Crippen LogP contribution in [0.15, 0.2) is 0 Å². The molecule has 1 rings (SSSR count). The van der Waals surface area contributed by atoms with Crippen LogP contribution in [-0.4, -0.2) is 43.9 Å². The molecule has 3 N–H and O–H groups in total. The molecule has 1 saturated heterocycles. The van der Waals surface area contributed by atoms with Gasteiger partial charge in [-0.15, -0.1) is 0 Å². The maximum absolute atomic E-state index is 11.4. The van der Waals surface area contributed by atoms with Crippen LogP contribution in [0.25, 0.3) is 0 Å². The fourth-order valence-electron chi connectivity index (χ4n) is 1.22. The molecule has 6 nitrogen and oxygen atoms in total. The summed E-state index contributed by atoms with van der Waals surface area (Å²) in [7, 11) is -3.73. The first-order valence-corrected chi connectivity index (χ1v) is 5.93. The minimum atomic E-state index is -3.73. The molecular weight excluding hydrogens is 208 g/mol. The number of nitrogens with one attached hydrogen (secondary N) is 2. The van der Waals surface area contributed by atoms with Gasteiger partial charge in [-0.05, 0) is 19.9 Å². The van der Waals surface area contributed by atoms with Crippen molar-refractivity contribution >= 4 is 16.0 Å². The van der Waals surface area contributed by atoms with Gasteiger partial charge in [0.2, 0.25) is 10.0 Å². The summed E-state index contributed by atoms with van der Waals surface area (Å²) in [5.41, 5.74) is 0. The Labute approximate surface area is 82.7 Å². The Balaban J connectivity index is 2.61. The van der Waals surface area contributed by atoms with E-state index in [4.69, 9.17) is 5.11 Å². The van der Waals surface area contributed by atoms with E-state index >= 15 is 0 Å². The third-order valence-corrected chi connectivity index (χ3v) is 4.00. The summed E-state index contributed by atoms with van der Waals surface area (Å²) in [5.74, 6) is -1.33. The van der Waals surface area contributed by atoms with Gasteiger partial charge in [-0.25, -0.2) is 13.1 Å². The van der Waals surface area contributed by atoms with Crippen molar-refractivity contribution in [2.75, 3.05) is 13.1 Å². The Hall–Kier alpha value is -0.660. The first-order chi connectivity index (χ1) is 6.43. The smallest absolute Gasteiger partial charge is 0.323 e. The zero-order valence-electron chi connectivity index (χ0n) is 7.86. The highest BCUT2D eigenvalue weighted by atomic mass is 32.2. The highest BCUT2D eigenvalue weighted by Gasteiger charge is 2.30. The molecule has 0 bridgehead atoms. The summed E-state index contributed by atoms with van der Waals surface area (Å²) in [5, 5.41) is 10.1. The quantitative estimate of drug-likeness (QED) is 0.552. The molecule has 1 aliphatic rings. The van der Waals surface area contributed by atoms with Crippen LogP contribution in [0.2, 0.25) is 0 Å². The topological polar surface area (TPSA) is 95.5 Å². The van der Waals surface area contributed by atoms with E-state index < -0.39 is 21.2 Å². The molecule has 1 fully saturated rings. The van der Waals surface area contributed by atoms with E-state index in [-0.39, 0.29) is 6.04 Å². The van der Waals surface area contributed by atoms with Gasteiger partial charge in [0, 0.05) is 12.6 Å². The van der Waals surface area contributed by atoms with Crippen molar-refractivity contribution in [2.24, 2.45) is 0 Å². The molecule has 0 aromatic heterocycles. The van der Waals surface area contributed by atoms with Crippen LogP contribution in [0.3, 0.4) is 0 Å². The van der Waals surface area contributed by atoms with Crippen LogP contribution in [0.5, 0.6) is 0 Å². The Bertz CT molecular complexity index is 308. The lowest BCUT2D eigenvalue weighted by Gasteiger charge is -2.14. The lowest BCUT2D eigenvalue weighted by atomic mass is 10.3. The van der Waals surface area contributed by atoms with Crippen LogP contribution in [-0.2, 0) is 14.8 Å². The van der Waals surface area contributed by atoms with Gasteiger partial charge in [0.1, 0.15) is 0 Å². The molecule has 0 aromatic carbocycles. The summed E-state index contributed by atoms with van der Waals surface area (Å²) in [6, 6.07) is -0.179. The first-order valence-electron chi connectivity index (χ1n) is 4.38. The van der Waals surface area contributed by atoms with Gasteiger partial charge in [0.05, 0.1) is 0 Å². The number of hydrogen-bond acceptors (Lipinski definition) is 4. The van der Waals surface area contributed by atoms with E-state index in [1.165, 1.54) is 0 Å². The molecule has 14 heavy (non-hydrogen) atoms. The predicted octanol–water partition coefficient (Wildman–Crippen LogP) is -1.26. The Kier molecular flexibility index (Phi) is 3.46. The maximum Gasteiger partial charge on any atom is 0.323 e. The molecule has 0 spiro atoms. The van der Waals surface area contributed by atoms with Crippen molar-refractivity contribution in [3.63, 3.8) is 0 Å². The van der Waals surface area contributed by atoms with E-state index in [2.05, 4.69) is 10.0 Å². The zero-order valence-corrected chi connectivity index (χ0v) is 8.67. The number of hydrogen-bond donors (Lipinski definition) is 3. The summed E-state index contributed by atoms with van der Waals surface area (Å²) in [4.78, 5) is 10.5. The van der Waals surface area contributed by atoms with Gasteiger partial charge in [-0.3, -0.25) is 4.79 Å². The molecule has 0 aliphatic carbocycles. The number of carboxylic acid groups (broad SMARTS) is 1. The molecule has 0 amide bonds. The second-order valence-electron chi connectivity index (χ2n) is 3.33. The fraction of sp³-hybridized carbons (Fsp3) is 0.857. The van der Waals surface area contributed by atoms with E-state index in [9.17, 15) is 13.2 Å². The van der Waals surface area contributed by atoms with E-state index in [0.29, 0.717) is 13.0 Å². The van der Waals surface area contributed by atoms with Crippen LogP contribution in [0.4, 0.5) is 0 Å². The number of carbonyl (C=O) groups is 1. The monoisotopic (exact) mass is 222 g/mol. The predicted molar refractivity (Wildman–Crippen MR) is 50.4 cm³/mol. The van der Waals surface area contributed by atoms with Gasteiger partial charge in [-0.2, -0.15) is 0 Å². The second kappa shape index (κ2) is 4.24. The molecule has 1 aliphatic heterocycles. The zero-order chi connectivity index (χ0) is 10.8. The van der Waals surface area contributed by atoms with Gasteiger partial charge in [0.15, 0.2) is 5.25 Å². The molecule has 7 heteroatoms. The summed E-state index contributed by atoms with van der Waals surface area (Å²) in [6.07, 6.45) is 0.700. The molecule has 0 saturated carbocycles. The van der Waals surface area contributed by atoms with Crippen molar-refractivity contribution in [2.45, 2.75) is 24.6 Å². The highest BCUT2D eigenvalue weighted by molar-refractivity contribution is 7.90. The van der Waals surface area contributed by atoms with Crippen molar-refractivity contribution in [3.05, 3.63) is 0 Å². The second-order valence-corrected chi connectivity index (χ2v) is 5.37. The Morgan fingerprint density at radius 3 is 2.71 bits per heavy atom. The molecule has 2 atom stereocenters. The minimum Gasteiger partial charge on any atom is -0.480 e. The third kappa shape index (κ3) is 2.66.